The Labute approximate surface area is 109 Å². The number of ether oxygens (including phenoxy) is 1. The van der Waals surface area contributed by atoms with E-state index in [1.165, 1.54) is 5.56 Å². The van der Waals surface area contributed by atoms with Gasteiger partial charge in [-0.3, -0.25) is 5.32 Å². The monoisotopic (exact) mass is 247 g/mol. The van der Waals surface area contributed by atoms with Crippen LogP contribution in [0.4, 0.5) is 0 Å². The first-order valence-corrected chi connectivity index (χ1v) is 6.03. The number of terminal acetylenes is 1. The molecule has 1 atom stereocenters. The van der Waals surface area contributed by atoms with Crippen molar-refractivity contribution in [2.24, 2.45) is 0 Å². The second kappa shape index (κ2) is 6.44. The van der Waals surface area contributed by atoms with E-state index in [1.54, 1.807) is 0 Å². The Hall–Kier alpha value is -1.50. The minimum absolute atomic E-state index is 0.247. The Morgan fingerprint density at radius 3 is 2.56 bits per heavy atom. The standard InChI is InChI=1S/C15H21NO2/c1-5-15(3,4)16-10-13(17)11-18-14-8-6-12(2)7-9-14/h1,6-9,13,16-17H,10-11H2,2-4H3. The molecule has 3 heteroatoms. The highest BCUT2D eigenvalue weighted by molar-refractivity contribution is 5.26. The normalized spacial score (nSPS) is 12.8. The highest BCUT2D eigenvalue weighted by atomic mass is 16.5. The van der Waals surface area contributed by atoms with Gasteiger partial charge in [-0.1, -0.05) is 23.6 Å². The lowest BCUT2D eigenvalue weighted by Crippen LogP contribution is -2.43. The molecule has 0 fully saturated rings. The lowest BCUT2D eigenvalue weighted by molar-refractivity contribution is 0.102. The molecule has 1 rings (SSSR count). The summed E-state index contributed by atoms with van der Waals surface area (Å²) in [5.74, 6) is 3.37. The fraction of sp³-hybridized carbons (Fsp3) is 0.467. The first-order valence-electron chi connectivity index (χ1n) is 6.03. The molecular weight excluding hydrogens is 226 g/mol. The molecule has 0 aliphatic heterocycles. The number of aliphatic hydroxyl groups is 1. The van der Waals surface area contributed by atoms with Gasteiger partial charge in [0.25, 0.3) is 0 Å². The van der Waals surface area contributed by atoms with Crippen LogP contribution in [0.5, 0.6) is 5.75 Å². The van der Waals surface area contributed by atoms with E-state index in [9.17, 15) is 5.11 Å². The van der Waals surface area contributed by atoms with E-state index in [0.29, 0.717) is 6.54 Å². The molecule has 18 heavy (non-hydrogen) atoms. The number of benzene rings is 1. The molecular formula is C15H21NO2. The minimum atomic E-state index is -0.584. The molecule has 1 aromatic carbocycles. The first-order chi connectivity index (χ1) is 8.43. The second-order valence-electron chi connectivity index (χ2n) is 4.93. The number of β-amino-alcohol motifs (C(OH)–C–C–N with tert-alkyl or cyclic N) is 1. The number of nitrogens with one attached hydrogen (secondary N) is 1. The maximum Gasteiger partial charge on any atom is 0.119 e. The van der Waals surface area contributed by atoms with Gasteiger partial charge in [0.2, 0.25) is 0 Å². The summed E-state index contributed by atoms with van der Waals surface area (Å²) in [6, 6.07) is 7.73. The summed E-state index contributed by atoms with van der Waals surface area (Å²) >= 11 is 0. The SMILES string of the molecule is C#CC(C)(C)NCC(O)COc1ccc(C)cc1. The van der Waals surface area contributed by atoms with Gasteiger partial charge in [0.1, 0.15) is 18.5 Å². The van der Waals surface area contributed by atoms with E-state index >= 15 is 0 Å². The summed E-state index contributed by atoms with van der Waals surface area (Å²) < 4.78 is 5.48. The second-order valence-corrected chi connectivity index (χ2v) is 4.93. The van der Waals surface area contributed by atoms with Crippen molar-refractivity contribution in [3.63, 3.8) is 0 Å². The number of hydrogen-bond acceptors (Lipinski definition) is 3. The fourth-order valence-corrected chi connectivity index (χ4v) is 1.31. The maximum atomic E-state index is 9.77. The molecule has 1 unspecified atom stereocenters. The van der Waals surface area contributed by atoms with Crippen molar-refractivity contribution < 1.29 is 9.84 Å². The molecule has 2 N–H and O–H groups in total. The Morgan fingerprint density at radius 1 is 1.39 bits per heavy atom. The predicted molar refractivity (Wildman–Crippen MR) is 73.6 cm³/mol. The van der Waals surface area contributed by atoms with Gasteiger partial charge in [-0.15, -0.1) is 6.42 Å². The number of aryl methyl sites for hydroxylation is 1. The van der Waals surface area contributed by atoms with E-state index in [4.69, 9.17) is 11.2 Å². The Balaban J connectivity index is 2.31. The number of aliphatic hydroxyl groups excluding tert-OH is 1. The van der Waals surface area contributed by atoms with Gasteiger partial charge >= 0.3 is 0 Å². The van der Waals surface area contributed by atoms with E-state index in [-0.39, 0.29) is 6.61 Å². The number of rotatable bonds is 6. The highest BCUT2D eigenvalue weighted by Gasteiger charge is 2.15. The lowest BCUT2D eigenvalue weighted by Gasteiger charge is -2.22. The largest absolute Gasteiger partial charge is 0.491 e. The van der Waals surface area contributed by atoms with Crippen molar-refractivity contribution in [1.29, 1.82) is 0 Å². The van der Waals surface area contributed by atoms with Gasteiger partial charge in [0, 0.05) is 6.54 Å². The molecule has 0 saturated heterocycles. The average molecular weight is 247 g/mol. The number of hydrogen-bond donors (Lipinski definition) is 2. The first kappa shape index (κ1) is 14.6. The van der Waals surface area contributed by atoms with Gasteiger partial charge in [-0.2, -0.15) is 0 Å². The summed E-state index contributed by atoms with van der Waals surface area (Å²) in [6.45, 7) is 6.45. The van der Waals surface area contributed by atoms with E-state index in [1.807, 2.05) is 45.0 Å². The van der Waals surface area contributed by atoms with Crippen molar-refractivity contribution in [2.45, 2.75) is 32.4 Å². The molecule has 0 spiro atoms. The topological polar surface area (TPSA) is 41.5 Å². The quantitative estimate of drug-likeness (QED) is 0.752. The van der Waals surface area contributed by atoms with Gasteiger partial charge in [0.15, 0.2) is 0 Å². The Kier molecular flexibility index (Phi) is 5.21. The van der Waals surface area contributed by atoms with Gasteiger partial charge < -0.3 is 9.84 Å². The molecule has 1 aromatic rings. The third-order valence-corrected chi connectivity index (χ3v) is 2.60. The zero-order chi connectivity index (χ0) is 13.6. The molecule has 98 valence electrons. The summed E-state index contributed by atoms with van der Waals surface area (Å²) in [5.41, 5.74) is 0.769. The van der Waals surface area contributed by atoms with Crippen molar-refractivity contribution in [1.82, 2.24) is 5.32 Å². The van der Waals surface area contributed by atoms with Gasteiger partial charge in [-0.05, 0) is 32.9 Å². The van der Waals surface area contributed by atoms with Crippen molar-refractivity contribution in [2.75, 3.05) is 13.2 Å². The van der Waals surface area contributed by atoms with Crippen LogP contribution in [-0.2, 0) is 0 Å². The van der Waals surface area contributed by atoms with Crippen molar-refractivity contribution >= 4 is 0 Å². The molecule has 0 aliphatic rings. The third kappa shape index (κ3) is 5.22. The Bertz CT molecular complexity index is 403. The maximum absolute atomic E-state index is 9.77. The minimum Gasteiger partial charge on any atom is -0.491 e. The molecule has 0 bridgehead atoms. The van der Waals surface area contributed by atoms with E-state index < -0.39 is 11.6 Å². The molecule has 0 aromatic heterocycles. The van der Waals surface area contributed by atoms with Crippen LogP contribution < -0.4 is 10.1 Å². The van der Waals surface area contributed by atoms with Gasteiger partial charge in [0.05, 0.1) is 5.54 Å². The molecule has 0 amide bonds. The van der Waals surface area contributed by atoms with Crippen LogP contribution >= 0.6 is 0 Å². The third-order valence-electron chi connectivity index (χ3n) is 2.60. The van der Waals surface area contributed by atoms with Crippen molar-refractivity contribution in [3.8, 4) is 18.1 Å². The Morgan fingerprint density at radius 2 is 2.00 bits per heavy atom. The van der Waals surface area contributed by atoms with E-state index in [0.717, 1.165) is 5.75 Å². The summed E-state index contributed by atoms with van der Waals surface area (Å²) in [5, 5.41) is 12.9. The van der Waals surface area contributed by atoms with Crippen LogP contribution in [0.2, 0.25) is 0 Å². The van der Waals surface area contributed by atoms with Crippen LogP contribution in [0, 0.1) is 19.3 Å². The zero-order valence-corrected chi connectivity index (χ0v) is 11.2. The predicted octanol–water partition coefficient (Wildman–Crippen LogP) is 1.74. The van der Waals surface area contributed by atoms with Crippen LogP contribution in [0.15, 0.2) is 24.3 Å². The molecule has 0 saturated carbocycles. The smallest absolute Gasteiger partial charge is 0.119 e. The van der Waals surface area contributed by atoms with Crippen LogP contribution in [-0.4, -0.2) is 29.9 Å². The summed E-state index contributed by atoms with van der Waals surface area (Å²) in [6.07, 6.45) is 4.76. The van der Waals surface area contributed by atoms with Crippen LogP contribution in [0.3, 0.4) is 0 Å². The summed E-state index contributed by atoms with van der Waals surface area (Å²) in [7, 11) is 0. The van der Waals surface area contributed by atoms with Crippen molar-refractivity contribution in [3.05, 3.63) is 29.8 Å². The van der Waals surface area contributed by atoms with Crippen LogP contribution in [0.25, 0.3) is 0 Å². The highest BCUT2D eigenvalue weighted by Crippen LogP contribution is 2.11. The van der Waals surface area contributed by atoms with E-state index in [2.05, 4.69) is 11.2 Å². The molecule has 0 aliphatic carbocycles. The zero-order valence-electron chi connectivity index (χ0n) is 11.2. The average Bonchev–Trinajstić information content (AvgIpc) is 2.36. The van der Waals surface area contributed by atoms with Gasteiger partial charge in [-0.25, -0.2) is 0 Å². The fourth-order valence-electron chi connectivity index (χ4n) is 1.31. The van der Waals surface area contributed by atoms with Crippen LogP contribution in [0.1, 0.15) is 19.4 Å². The lowest BCUT2D eigenvalue weighted by atomic mass is 10.1. The molecule has 3 nitrogen and oxygen atoms in total. The molecule has 0 heterocycles. The molecule has 0 radical (unpaired) electrons. The summed E-state index contributed by atoms with van der Waals surface area (Å²) in [4.78, 5) is 0.